The summed E-state index contributed by atoms with van der Waals surface area (Å²) in [5, 5.41) is 5.31. The zero-order valence-corrected chi connectivity index (χ0v) is 11.7. The van der Waals surface area contributed by atoms with Crippen LogP contribution in [-0.4, -0.2) is 11.5 Å². The first-order chi connectivity index (χ1) is 9.95. The van der Waals surface area contributed by atoms with Crippen LogP contribution in [0, 0.1) is 5.82 Å². The van der Waals surface area contributed by atoms with E-state index in [1.165, 1.54) is 0 Å². The second kappa shape index (κ2) is 5.38. The summed E-state index contributed by atoms with van der Waals surface area (Å²) in [6.07, 6.45) is -2.51. The van der Waals surface area contributed by atoms with Gasteiger partial charge in [0.2, 0.25) is 0 Å². The van der Waals surface area contributed by atoms with Gasteiger partial charge in [0, 0.05) is 10.9 Å². The van der Waals surface area contributed by atoms with Gasteiger partial charge in [-0.3, -0.25) is 0 Å². The summed E-state index contributed by atoms with van der Waals surface area (Å²) in [6.45, 7) is 0.898. The molecule has 1 saturated heterocycles. The van der Waals surface area contributed by atoms with Crippen LogP contribution >= 0.6 is 11.3 Å². The first-order valence-electron chi connectivity index (χ1n) is 6.51. The fourth-order valence-corrected chi connectivity index (χ4v) is 3.26. The van der Waals surface area contributed by atoms with Crippen LogP contribution in [0.4, 0.5) is 17.6 Å². The molecule has 0 radical (unpaired) electrons. The minimum atomic E-state index is -4.49. The maximum absolute atomic E-state index is 13.8. The zero-order chi connectivity index (χ0) is 15.0. The number of nitrogens with zero attached hydrogens (tertiary/aromatic N) is 1. The van der Waals surface area contributed by atoms with Crippen LogP contribution in [0.15, 0.2) is 23.6 Å². The van der Waals surface area contributed by atoms with E-state index in [1.807, 2.05) is 0 Å². The van der Waals surface area contributed by atoms with Gasteiger partial charge in [-0.15, -0.1) is 11.3 Å². The van der Waals surface area contributed by atoms with Crippen molar-refractivity contribution in [3.05, 3.63) is 40.7 Å². The Kier molecular flexibility index (Phi) is 3.71. The lowest BCUT2D eigenvalue weighted by Gasteiger charge is -2.08. The van der Waals surface area contributed by atoms with Gasteiger partial charge in [0.15, 0.2) is 0 Å². The molecule has 0 aliphatic carbocycles. The summed E-state index contributed by atoms with van der Waals surface area (Å²) in [5.74, 6) is -0.691. The van der Waals surface area contributed by atoms with E-state index in [2.05, 4.69) is 10.3 Å². The lowest BCUT2D eigenvalue weighted by molar-refractivity contribution is -0.137. The second-order valence-electron chi connectivity index (χ2n) is 4.92. The molecule has 1 atom stereocenters. The molecule has 0 bridgehead atoms. The maximum Gasteiger partial charge on any atom is 0.416 e. The standard InChI is InChI=1S/C14H12F4N2S/c15-10-4-3-8(14(16,17)18)6-9(10)13-20-12(7-21-13)11-2-1-5-19-11/h3-4,6-7,11,19H,1-2,5H2. The first kappa shape index (κ1) is 14.5. The SMILES string of the molecule is Fc1ccc(C(F)(F)F)cc1-c1nc(C2CCCN2)cs1. The average molecular weight is 316 g/mol. The van der Waals surface area contributed by atoms with Crippen LogP contribution in [0.1, 0.15) is 30.1 Å². The highest BCUT2D eigenvalue weighted by atomic mass is 32.1. The smallest absolute Gasteiger partial charge is 0.309 e. The number of benzene rings is 1. The number of halogens is 4. The van der Waals surface area contributed by atoms with Gasteiger partial charge in [0.25, 0.3) is 0 Å². The van der Waals surface area contributed by atoms with E-state index in [9.17, 15) is 17.6 Å². The Balaban J connectivity index is 1.96. The average Bonchev–Trinajstić information content (AvgIpc) is 3.09. The Morgan fingerprint density at radius 1 is 1.29 bits per heavy atom. The normalized spacial score (nSPS) is 19.1. The van der Waals surface area contributed by atoms with Crippen LogP contribution in [0.25, 0.3) is 10.6 Å². The minimum Gasteiger partial charge on any atom is -0.309 e. The highest BCUT2D eigenvalue weighted by Crippen LogP contribution is 2.35. The molecule has 0 amide bonds. The highest BCUT2D eigenvalue weighted by molar-refractivity contribution is 7.13. The van der Waals surface area contributed by atoms with Crippen molar-refractivity contribution in [2.24, 2.45) is 0 Å². The number of aromatic nitrogens is 1. The molecule has 7 heteroatoms. The number of thiazole rings is 1. The van der Waals surface area contributed by atoms with Crippen molar-refractivity contribution in [2.45, 2.75) is 25.1 Å². The van der Waals surface area contributed by atoms with E-state index in [-0.39, 0.29) is 16.6 Å². The molecule has 1 fully saturated rings. The van der Waals surface area contributed by atoms with Crippen molar-refractivity contribution in [3.63, 3.8) is 0 Å². The number of rotatable bonds is 2. The van der Waals surface area contributed by atoms with E-state index in [1.54, 1.807) is 5.38 Å². The monoisotopic (exact) mass is 316 g/mol. The molecule has 2 nitrogen and oxygen atoms in total. The van der Waals surface area contributed by atoms with Crippen LogP contribution < -0.4 is 5.32 Å². The second-order valence-corrected chi connectivity index (χ2v) is 5.78. The van der Waals surface area contributed by atoms with Crippen molar-refractivity contribution in [1.82, 2.24) is 10.3 Å². The van der Waals surface area contributed by atoms with Crippen LogP contribution in [0.2, 0.25) is 0 Å². The van der Waals surface area contributed by atoms with Gasteiger partial charge in [-0.2, -0.15) is 13.2 Å². The lowest BCUT2D eigenvalue weighted by atomic mass is 10.1. The molecule has 1 N–H and O–H groups in total. The Hall–Kier alpha value is -1.47. The predicted octanol–water partition coefficient (Wildman–Crippen LogP) is 4.39. The molecule has 112 valence electrons. The third-order valence-electron chi connectivity index (χ3n) is 3.46. The molecular formula is C14H12F4N2S. The molecular weight excluding hydrogens is 304 g/mol. The van der Waals surface area contributed by atoms with Crippen LogP contribution in [0.5, 0.6) is 0 Å². The van der Waals surface area contributed by atoms with Crippen LogP contribution in [-0.2, 0) is 6.18 Å². The fraction of sp³-hybridized carbons (Fsp3) is 0.357. The summed E-state index contributed by atoms with van der Waals surface area (Å²) in [5.41, 5.74) is -0.196. The van der Waals surface area contributed by atoms with E-state index in [0.717, 1.165) is 54.6 Å². The van der Waals surface area contributed by atoms with Crippen molar-refractivity contribution < 1.29 is 17.6 Å². The molecule has 1 unspecified atom stereocenters. The third kappa shape index (κ3) is 2.94. The quantitative estimate of drug-likeness (QED) is 0.831. The number of nitrogens with one attached hydrogen (secondary N) is 1. The lowest BCUT2D eigenvalue weighted by Crippen LogP contribution is -2.13. The van der Waals surface area contributed by atoms with Gasteiger partial charge < -0.3 is 5.32 Å². The Labute approximate surface area is 122 Å². The largest absolute Gasteiger partial charge is 0.416 e. The molecule has 1 aromatic carbocycles. The fourth-order valence-electron chi connectivity index (χ4n) is 2.37. The highest BCUT2D eigenvalue weighted by Gasteiger charge is 2.31. The summed E-state index contributed by atoms with van der Waals surface area (Å²) in [6, 6.07) is 2.52. The Bertz CT molecular complexity index is 645. The zero-order valence-electron chi connectivity index (χ0n) is 10.9. The molecule has 21 heavy (non-hydrogen) atoms. The molecule has 1 aliphatic rings. The van der Waals surface area contributed by atoms with E-state index in [4.69, 9.17) is 0 Å². The topological polar surface area (TPSA) is 24.9 Å². The van der Waals surface area contributed by atoms with Crippen molar-refractivity contribution in [2.75, 3.05) is 6.54 Å². The molecule has 1 aromatic heterocycles. The summed E-state index contributed by atoms with van der Waals surface area (Å²) >= 11 is 1.16. The molecule has 1 aliphatic heterocycles. The van der Waals surface area contributed by atoms with Crippen molar-refractivity contribution in [3.8, 4) is 10.6 Å². The third-order valence-corrected chi connectivity index (χ3v) is 4.36. The van der Waals surface area contributed by atoms with Gasteiger partial charge in [-0.25, -0.2) is 9.37 Å². The van der Waals surface area contributed by atoms with Crippen molar-refractivity contribution >= 4 is 11.3 Å². The molecule has 2 heterocycles. The summed E-state index contributed by atoms with van der Waals surface area (Å²) in [4.78, 5) is 4.30. The van der Waals surface area contributed by atoms with Gasteiger partial charge in [0.1, 0.15) is 10.8 Å². The summed E-state index contributed by atoms with van der Waals surface area (Å²) < 4.78 is 52.0. The van der Waals surface area contributed by atoms with Crippen molar-refractivity contribution in [1.29, 1.82) is 0 Å². The van der Waals surface area contributed by atoms with Gasteiger partial charge >= 0.3 is 6.18 Å². The van der Waals surface area contributed by atoms with Gasteiger partial charge in [0.05, 0.1) is 17.3 Å². The van der Waals surface area contributed by atoms with Crippen LogP contribution in [0.3, 0.4) is 0 Å². The molecule has 0 spiro atoms. The van der Waals surface area contributed by atoms with E-state index >= 15 is 0 Å². The number of hydrogen-bond acceptors (Lipinski definition) is 3. The maximum atomic E-state index is 13.8. The molecule has 0 saturated carbocycles. The molecule has 2 aromatic rings. The Morgan fingerprint density at radius 3 is 2.76 bits per heavy atom. The Morgan fingerprint density at radius 2 is 2.10 bits per heavy atom. The van der Waals surface area contributed by atoms with Gasteiger partial charge in [-0.05, 0) is 37.6 Å². The minimum absolute atomic E-state index is 0.0981. The first-order valence-corrected chi connectivity index (χ1v) is 7.39. The molecule has 3 rings (SSSR count). The number of alkyl halides is 3. The van der Waals surface area contributed by atoms with Gasteiger partial charge in [-0.1, -0.05) is 0 Å². The summed E-state index contributed by atoms with van der Waals surface area (Å²) in [7, 11) is 0. The number of hydrogen-bond donors (Lipinski definition) is 1. The predicted molar refractivity (Wildman–Crippen MR) is 72.5 cm³/mol. The van der Waals surface area contributed by atoms with E-state index < -0.39 is 17.6 Å². The van der Waals surface area contributed by atoms with E-state index in [0.29, 0.717) is 0 Å².